The molecule has 260 valence electrons. The lowest BCUT2D eigenvalue weighted by atomic mass is 9.90. The first-order valence-corrected chi connectivity index (χ1v) is 18.4. The zero-order valence-electron chi connectivity index (χ0n) is 30.1. The summed E-state index contributed by atoms with van der Waals surface area (Å²) in [6.07, 6.45) is 0. The Kier molecular flexibility index (Phi) is 7.81. The molecule has 1 N–H and O–H groups in total. The number of nitrogens with zero attached hydrogens (tertiary/aromatic N) is 5. The van der Waals surface area contributed by atoms with Gasteiger partial charge in [0.15, 0.2) is 17.3 Å². The summed E-state index contributed by atoms with van der Waals surface area (Å²) >= 11 is 0. The van der Waals surface area contributed by atoms with Crippen LogP contribution in [-0.2, 0) is 5.66 Å². The van der Waals surface area contributed by atoms with Crippen molar-refractivity contribution in [2.24, 2.45) is 4.99 Å². The van der Waals surface area contributed by atoms with E-state index >= 15 is 0 Å². The van der Waals surface area contributed by atoms with Crippen LogP contribution in [0.4, 0.5) is 5.69 Å². The number of hydrogen-bond donors (Lipinski definition) is 1. The molecule has 1 unspecified atom stereocenters. The number of fused-ring (bicyclic) bond motifs is 3. The van der Waals surface area contributed by atoms with Gasteiger partial charge in [0.1, 0.15) is 0 Å². The predicted octanol–water partition coefficient (Wildman–Crippen LogP) is 11.4. The van der Waals surface area contributed by atoms with Gasteiger partial charge in [-0.15, -0.1) is 0 Å². The third-order valence-corrected chi connectivity index (χ3v) is 10.3. The molecule has 0 saturated carbocycles. The molecule has 10 rings (SSSR count). The highest BCUT2D eigenvalue weighted by Crippen LogP contribution is 2.40. The van der Waals surface area contributed by atoms with Crippen LogP contribution in [0.5, 0.6) is 0 Å². The molecule has 3 heterocycles. The van der Waals surface area contributed by atoms with E-state index in [2.05, 4.69) is 115 Å². The van der Waals surface area contributed by atoms with Crippen molar-refractivity contribution >= 4 is 33.2 Å². The number of aromatic nitrogens is 4. The normalized spacial score (nSPS) is 15.0. The molecule has 0 spiro atoms. The molecule has 0 amide bonds. The van der Waals surface area contributed by atoms with Gasteiger partial charge in [0, 0.05) is 55.4 Å². The van der Waals surface area contributed by atoms with Gasteiger partial charge in [-0.3, -0.25) is 4.99 Å². The summed E-state index contributed by atoms with van der Waals surface area (Å²) in [7, 11) is 0. The molecule has 6 nitrogen and oxygen atoms in total. The van der Waals surface area contributed by atoms with Gasteiger partial charge in [-0.25, -0.2) is 19.9 Å². The topological polar surface area (TPSA) is 76.0 Å². The van der Waals surface area contributed by atoms with E-state index in [0.29, 0.717) is 11.6 Å². The molecule has 55 heavy (non-hydrogen) atoms. The Morgan fingerprint density at radius 1 is 0.418 bits per heavy atom. The lowest BCUT2D eigenvalue weighted by Crippen LogP contribution is -2.35. The van der Waals surface area contributed by atoms with Gasteiger partial charge < -0.3 is 5.32 Å². The van der Waals surface area contributed by atoms with Gasteiger partial charge in [0.25, 0.3) is 0 Å². The monoisotopic (exact) mass is 706 g/mol. The van der Waals surface area contributed by atoms with Crippen LogP contribution in [0.15, 0.2) is 187 Å². The average molecular weight is 707 g/mol. The summed E-state index contributed by atoms with van der Waals surface area (Å²) in [5.41, 5.74) is 11.3. The number of para-hydroxylation sites is 3. The van der Waals surface area contributed by atoms with Gasteiger partial charge in [0.05, 0.1) is 28.1 Å². The molecule has 0 bridgehead atoms. The second kappa shape index (κ2) is 13.3. The second-order valence-corrected chi connectivity index (χ2v) is 13.9. The summed E-state index contributed by atoms with van der Waals surface area (Å²) in [5, 5.41) is 5.80. The third kappa shape index (κ3) is 5.90. The molecule has 1 aliphatic heterocycles. The van der Waals surface area contributed by atoms with E-state index in [1.165, 1.54) is 0 Å². The SMILES string of the molecule is CC1(c2cc(-c3nc(-c4ccccc4)c4ccccc4n3)cc(-c3nc(-c4ccccc4)c4ccccc4n3)c2)N=C(c2ccccc2)c2ccccc2N1. The predicted molar refractivity (Wildman–Crippen MR) is 224 cm³/mol. The fourth-order valence-corrected chi connectivity index (χ4v) is 7.54. The second-order valence-electron chi connectivity index (χ2n) is 13.9. The molecule has 7 aromatic carbocycles. The summed E-state index contributed by atoms with van der Waals surface area (Å²) in [4.78, 5) is 26.5. The maximum absolute atomic E-state index is 5.52. The van der Waals surface area contributed by atoms with E-state index in [4.69, 9.17) is 24.9 Å². The minimum Gasteiger partial charge on any atom is -0.357 e. The van der Waals surface area contributed by atoms with E-state index in [9.17, 15) is 0 Å². The Balaban J connectivity index is 1.24. The Morgan fingerprint density at radius 3 is 1.42 bits per heavy atom. The first-order chi connectivity index (χ1) is 27.1. The van der Waals surface area contributed by atoms with Gasteiger partial charge in [-0.05, 0) is 43.3 Å². The highest BCUT2D eigenvalue weighted by molar-refractivity contribution is 6.17. The lowest BCUT2D eigenvalue weighted by Gasteiger charge is -2.35. The van der Waals surface area contributed by atoms with Gasteiger partial charge in [-0.2, -0.15) is 0 Å². The van der Waals surface area contributed by atoms with E-state index in [1.807, 2.05) is 78.9 Å². The molecule has 1 atom stereocenters. The molecule has 0 radical (unpaired) electrons. The number of rotatable bonds is 6. The van der Waals surface area contributed by atoms with Crippen molar-refractivity contribution in [3.8, 4) is 45.3 Å². The molecule has 9 aromatic rings. The number of hydrogen-bond acceptors (Lipinski definition) is 6. The molecule has 0 fully saturated rings. The smallest absolute Gasteiger partial charge is 0.160 e. The number of aliphatic imine (C=N–C) groups is 1. The van der Waals surface area contributed by atoms with Crippen molar-refractivity contribution < 1.29 is 0 Å². The first kappa shape index (κ1) is 32.3. The Labute approximate surface area is 319 Å². The zero-order valence-corrected chi connectivity index (χ0v) is 30.1. The largest absolute Gasteiger partial charge is 0.357 e. The minimum absolute atomic E-state index is 0.608. The minimum atomic E-state index is -0.873. The van der Waals surface area contributed by atoms with Crippen molar-refractivity contribution in [2.45, 2.75) is 12.6 Å². The highest BCUT2D eigenvalue weighted by atomic mass is 15.2. The van der Waals surface area contributed by atoms with Crippen LogP contribution in [0.2, 0.25) is 0 Å². The van der Waals surface area contributed by atoms with Crippen LogP contribution < -0.4 is 5.32 Å². The molecule has 2 aromatic heterocycles. The summed E-state index contributed by atoms with van der Waals surface area (Å²) < 4.78 is 0. The fraction of sp³-hybridized carbons (Fsp3) is 0.0408. The molecule has 6 heteroatoms. The standard InChI is InChI=1S/C49H34N6/c1-49(54-43-28-16-13-25-40(43)46(55-49)34-21-9-4-10-22-34)37-30-35(47-50-41-26-14-11-23-38(41)44(52-47)32-17-5-2-6-18-32)29-36(31-37)48-51-42-27-15-12-24-39(42)45(53-48)33-19-7-3-8-20-33/h2-31,54H,1H3. The average Bonchev–Trinajstić information content (AvgIpc) is 3.26. The van der Waals surface area contributed by atoms with Crippen LogP contribution in [0.3, 0.4) is 0 Å². The lowest BCUT2D eigenvalue weighted by molar-refractivity contribution is 0.572. The summed E-state index contributed by atoms with van der Waals surface area (Å²) in [6, 6.07) is 62.2. The number of anilines is 1. The van der Waals surface area contributed by atoms with Crippen LogP contribution >= 0.6 is 0 Å². The van der Waals surface area contributed by atoms with E-state index in [-0.39, 0.29) is 0 Å². The maximum Gasteiger partial charge on any atom is 0.160 e. The van der Waals surface area contributed by atoms with Crippen molar-refractivity contribution in [3.63, 3.8) is 0 Å². The number of benzene rings is 7. The number of nitrogens with one attached hydrogen (secondary N) is 1. The Morgan fingerprint density at radius 2 is 0.873 bits per heavy atom. The van der Waals surface area contributed by atoms with Crippen LogP contribution in [0.25, 0.3) is 67.1 Å². The quantitative estimate of drug-likeness (QED) is 0.186. The summed E-state index contributed by atoms with van der Waals surface area (Å²) in [5.74, 6) is 1.22. The van der Waals surface area contributed by atoms with Crippen molar-refractivity contribution in [2.75, 3.05) is 5.32 Å². The van der Waals surface area contributed by atoms with Crippen LogP contribution in [0, 0.1) is 0 Å². The van der Waals surface area contributed by atoms with Gasteiger partial charge in [-0.1, -0.05) is 146 Å². The summed E-state index contributed by atoms with van der Waals surface area (Å²) in [6.45, 7) is 2.13. The van der Waals surface area contributed by atoms with Gasteiger partial charge in [0.2, 0.25) is 0 Å². The van der Waals surface area contributed by atoms with Crippen molar-refractivity contribution in [1.29, 1.82) is 0 Å². The Hall–Kier alpha value is -7.31. The van der Waals surface area contributed by atoms with Gasteiger partial charge >= 0.3 is 0 Å². The Bertz CT molecular complexity index is 2770. The van der Waals surface area contributed by atoms with E-state index in [0.717, 1.165) is 83.5 Å². The van der Waals surface area contributed by atoms with Crippen molar-refractivity contribution in [1.82, 2.24) is 19.9 Å². The third-order valence-electron chi connectivity index (χ3n) is 10.3. The maximum atomic E-state index is 5.52. The highest BCUT2D eigenvalue weighted by Gasteiger charge is 2.34. The van der Waals surface area contributed by atoms with E-state index in [1.54, 1.807) is 0 Å². The zero-order chi connectivity index (χ0) is 36.8. The molecule has 1 aliphatic rings. The first-order valence-electron chi connectivity index (χ1n) is 18.4. The fourth-order valence-electron chi connectivity index (χ4n) is 7.54. The van der Waals surface area contributed by atoms with Crippen molar-refractivity contribution in [3.05, 3.63) is 199 Å². The molecular weight excluding hydrogens is 673 g/mol. The molecular formula is C49H34N6. The van der Waals surface area contributed by atoms with Crippen LogP contribution in [0.1, 0.15) is 23.6 Å². The molecule has 0 aliphatic carbocycles. The molecule has 0 saturated heterocycles. The van der Waals surface area contributed by atoms with Crippen LogP contribution in [-0.4, -0.2) is 25.6 Å². The van der Waals surface area contributed by atoms with E-state index < -0.39 is 5.66 Å².